The number of aryl methyl sites for hydroxylation is 1. The van der Waals surface area contributed by atoms with E-state index in [0.717, 1.165) is 5.56 Å². The molecule has 0 aliphatic heterocycles. The standard InChI is InChI=1S/C15H12N4O2/c1-10-5-7-11(8-6-10)19-13(12-4-2-3-9-16-12)17-18-14(19)15(20)21/h2-9H,1H3,(H,20,21). The van der Waals surface area contributed by atoms with Crippen molar-refractivity contribution in [1.82, 2.24) is 19.7 Å². The third kappa shape index (κ3) is 2.38. The van der Waals surface area contributed by atoms with E-state index in [0.29, 0.717) is 17.2 Å². The lowest BCUT2D eigenvalue weighted by Gasteiger charge is -2.08. The Morgan fingerprint density at radius 3 is 2.48 bits per heavy atom. The number of benzene rings is 1. The van der Waals surface area contributed by atoms with Gasteiger partial charge in [-0.25, -0.2) is 4.79 Å². The van der Waals surface area contributed by atoms with Crippen molar-refractivity contribution < 1.29 is 9.90 Å². The summed E-state index contributed by atoms with van der Waals surface area (Å²) in [7, 11) is 0. The Morgan fingerprint density at radius 1 is 1.10 bits per heavy atom. The van der Waals surface area contributed by atoms with Crippen LogP contribution in [0.15, 0.2) is 48.7 Å². The molecule has 2 heterocycles. The van der Waals surface area contributed by atoms with Crippen molar-refractivity contribution in [3.63, 3.8) is 0 Å². The fraction of sp³-hybridized carbons (Fsp3) is 0.0667. The minimum atomic E-state index is -1.13. The molecule has 0 radical (unpaired) electrons. The molecule has 0 aliphatic rings. The van der Waals surface area contributed by atoms with Gasteiger partial charge in [0, 0.05) is 11.9 Å². The molecule has 0 aliphatic carbocycles. The molecule has 0 spiro atoms. The van der Waals surface area contributed by atoms with Crippen LogP contribution in [0.4, 0.5) is 0 Å². The topological polar surface area (TPSA) is 80.9 Å². The molecule has 0 atom stereocenters. The van der Waals surface area contributed by atoms with E-state index < -0.39 is 5.97 Å². The summed E-state index contributed by atoms with van der Waals surface area (Å²) in [5, 5.41) is 17.0. The molecular formula is C15H12N4O2. The first-order chi connectivity index (χ1) is 10.2. The fourth-order valence-corrected chi connectivity index (χ4v) is 2.02. The average molecular weight is 280 g/mol. The second kappa shape index (κ2) is 5.16. The van der Waals surface area contributed by atoms with Gasteiger partial charge in [0.15, 0.2) is 5.82 Å². The lowest BCUT2D eigenvalue weighted by molar-refractivity contribution is 0.0681. The van der Waals surface area contributed by atoms with Crippen molar-refractivity contribution in [3.05, 3.63) is 60.0 Å². The summed E-state index contributed by atoms with van der Waals surface area (Å²) in [6.07, 6.45) is 1.63. The highest BCUT2D eigenvalue weighted by molar-refractivity contribution is 5.85. The number of aromatic nitrogens is 4. The highest BCUT2D eigenvalue weighted by atomic mass is 16.4. The van der Waals surface area contributed by atoms with Crippen molar-refractivity contribution >= 4 is 5.97 Å². The van der Waals surface area contributed by atoms with E-state index in [1.165, 1.54) is 4.57 Å². The Balaban J connectivity index is 2.23. The maximum absolute atomic E-state index is 11.4. The zero-order valence-corrected chi connectivity index (χ0v) is 11.3. The van der Waals surface area contributed by atoms with Crippen LogP contribution in [0.25, 0.3) is 17.2 Å². The van der Waals surface area contributed by atoms with E-state index in [4.69, 9.17) is 0 Å². The maximum Gasteiger partial charge on any atom is 0.374 e. The molecule has 1 aromatic carbocycles. The van der Waals surface area contributed by atoms with Gasteiger partial charge in [0.25, 0.3) is 0 Å². The summed E-state index contributed by atoms with van der Waals surface area (Å²) in [6.45, 7) is 1.97. The number of pyridine rings is 1. The van der Waals surface area contributed by atoms with E-state index in [1.54, 1.807) is 18.3 Å². The molecule has 0 fully saturated rings. The van der Waals surface area contributed by atoms with Crippen LogP contribution in [0.2, 0.25) is 0 Å². The molecule has 104 valence electrons. The first-order valence-electron chi connectivity index (χ1n) is 6.34. The minimum Gasteiger partial charge on any atom is -0.475 e. The molecule has 0 saturated heterocycles. The van der Waals surface area contributed by atoms with Crippen LogP contribution in [-0.4, -0.2) is 30.8 Å². The van der Waals surface area contributed by atoms with Crippen LogP contribution in [-0.2, 0) is 0 Å². The van der Waals surface area contributed by atoms with Crippen molar-refractivity contribution in [1.29, 1.82) is 0 Å². The van der Waals surface area contributed by atoms with E-state index >= 15 is 0 Å². The van der Waals surface area contributed by atoms with Gasteiger partial charge in [0.2, 0.25) is 5.82 Å². The summed E-state index contributed by atoms with van der Waals surface area (Å²) in [5.41, 5.74) is 2.34. The third-order valence-corrected chi connectivity index (χ3v) is 3.04. The number of hydrogen-bond acceptors (Lipinski definition) is 4. The van der Waals surface area contributed by atoms with Crippen molar-refractivity contribution in [2.45, 2.75) is 6.92 Å². The van der Waals surface area contributed by atoms with Gasteiger partial charge in [-0.15, -0.1) is 10.2 Å². The quantitative estimate of drug-likeness (QED) is 0.796. The maximum atomic E-state index is 11.4. The molecule has 3 aromatic rings. The molecular weight excluding hydrogens is 268 g/mol. The molecule has 0 saturated carbocycles. The van der Waals surface area contributed by atoms with Crippen molar-refractivity contribution in [2.75, 3.05) is 0 Å². The predicted octanol–water partition coefficient (Wildman–Crippen LogP) is 2.34. The molecule has 3 rings (SSSR count). The number of carboxylic acid groups (broad SMARTS) is 1. The second-order valence-electron chi connectivity index (χ2n) is 4.54. The average Bonchev–Trinajstić information content (AvgIpc) is 2.94. The van der Waals surface area contributed by atoms with Gasteiger partial charge < -0.3 is 5.11 Å². The fourth-order valence-electron chi connectivity index (χ4n) is 2.02. The predicted molar refractivity (Wildman–Crippen MR) is 76.3 cm³/mol. The van der Waals surface area contributed by atoms with Crippen molar-refractivity contribution in [2.24, 2.45) is 0 Å². The van der Waals surface area contributed by atoms with Gasteiger partial charge in [-0.3, -0.25) is 9.55 Å². The van der Waals surface area contributed by atoms with Crippen LogP contribution in [0.3, 0.4) is 0 Å². The normalized spacial score (nSPS) is 10.5. The number of rotatable bonds is 3. The molecule has 6 nitrogen and oxygen atoms in total. The molecule has 0 unspecified atom stereocenters. The Labute approximate surface area is 120 Å². The number of nitrogens with zero attached hydrogens (tertiary/aromatic N) is 4. The Morgan fingerprint density at radius 2 is 1.86 bits per heavy atom. The summed E-state index contributed by atoms with van der Waals surface area (Å²) in [6, 6.07) is 12.8. The first kappa shape index (κ1) is 13.0. The lowest BCUT2D eigenvalue weighted by Crippen LogP contribution is -2.09. The number of aromatic carboxylic acids is 1. The largest absolute Gasteiger partial charge is 0.475 e. The van der Waals surface area contributed by atoms with Crippen LogP contribution in [0, 0.1) is 6.92 Å². The van der Waals surface area contributed by atoms with Crippen LogP contribution < -0.4 is 0 Å². The van der Waals surface area contributed by atoms with Gasteiger partial charge >= 0.3 is 5.97 Å². The summed E-state index contributed by atoms with van der Waals surface area (Å²) in [4.78, 5) is 15.6. The summed E-state index contributed by atoms with van der Waals surface area (Å²) in [5.74, 6) is -0.874. The minimum absolute atomic E-state index is 0.139. The Hall–Kier alpha value is -3.02. The second-order valence-corrected chi connectivity index (χ2v) is 4.54. The third-order valence-electron chi connectivity index (χ3n) is 3.04. The monoisotopic (exact) mass is 280 g/mol. The van der Waals surface area contributed by atoms with Gasteiger partial charge in [0.1, 0.15) is 5.69 Å². The smallest absolute Gasteiger partial charge is 0.374 e. The zero-order valence-electron chi connectivity index (χ0n) is 11.3. The zero-order chi connectivity index (χ0) is 14.8. The number of carbonyl (C=O) groups is 1. The van der Waals surface area contributed by atoms with E-state index in [1.807, 2.05) is 37.3 Å². The van der Waals surface area contributed by atoms with Crippen molar-refractivity contribution in [3.8, 4) is 17.2 Å². The molecule has 21 heavy (non-hydrogen) atoms. The van der Waals surface area contributed by atoms with Crippen LogP contribution in [0.5, 0.6) is 0 Å². The summed E-state index contributed by atoms with van der Waals surface area (Å²) < 4.78 is 1.49. The first-order valence-corrected chi connectivity index (χ1v) is 6.34. The van der Waals surface area contributed by atoms with Crippen LogP contribution in [0.1, 0.15) is 16.2 Å². The van der Waals surface area contributed by atoms with Gasteiger partial charge in [-0.2, -0.15) is 0 Å². The number of carboxylic acids is 1. The highest BCUT2D eigenvalue weighted by Crippen LogP contribution is 2.21. The molecule has 2 aromatic heterocycles. The van der Waals surface area contributed by atoms with E-state index in [2.05, 4.69) is 15.2 Å². The summed E-state index contributed by atoms with van der Waals surface area (Å²) >= 11 is 0. The molecule has 6 heteroatoms. The van der Waals surface area contributed by atoms with Crippen LogP contribution >= 0.6 is 0 Å². The SMILES string of the molecule is Cc1ccc(-n2c(C(=O)O)nnc2-c2ccccn2)cc1. The van der Waals surface area contributed by atoms with E-state index in [-0.39, 0.29) is 5.82 Å². The Bertz CT molecular complexity index is 779. The molecule has 0 bridgehead atoms. The van der Waals surface area contributed by atoms with Gasteiger partial charge in [-0.1, -0.05) is 23.8 Å². The van der Waals surface area contributed by atoms with Gasteiger partial charge in [-0.05, 0) is 31.2 Å². The van der Waals surface area contributed by atoms with Gasteiger partial charge in [0.05, 0.1) is 0 Å². The highest BCUT2D eigenvalue weighted by Gasteiger charge is 2.20. The van der Waals surface area contributed by atoms with E-state index in [9.17, 15) is 9.90 Å². The molecule has 0 amide bonds. The number of hydrogen-bond donors (Lipinski definition) is 1. The molecule has 1 N–H and O–H groups in total. The Kier molecular flexibility index (Phi) is 3.19. The lowest BCUT2D eigenvalue weighted by atomic mass is 10.2.